The first kappa shape index (κ1) is 24.1. The molecule has 5 aromatic carbocycles. The van der Waals surface area contributed by atoms with Crippen molar-refractivity contribution in [3.05, 3.63) is 127 Å². The molecule has 0 aliphatic heterocycles. The molecule has 0 radical (unpaired) electrons. The van der Waals surface area contributed by atoms with Crippen LogP contribution in [-0.2, 0) is 0 Å². The van der Waals surface area contributed by atoms with Crippen molar-refractivity contribution in [2.45, 2.75) is 0 Å². The molecule has 0 saturated carbocycles. The molecule has 5 nitrogen and oxygen atoms in total. The summed E-state index contributed by atoms with van der Waals surface area (Å²) in [5, 5.41) is 5.27. The molecule has 6 heteroatoms. The zero-order chi connectivity index (χ0) is 28.3. The Balaban J connectivity index is 1.34. The molecule has 43 heavy (non-hydrogen) atoms. The van der Waals surface area contributed by atoms with E-state index < -0.39 is 0 Å². The van der Waals surface area contributed by atoms with Gasteiger partial charge in [-0.15, -0.1) is 0 Å². The summed E-state index contributed by atoms with van der Waals surface area (Å²) in [7, 11) is 0. The fourth-order valence-electron chi connectivity index (χ4n) is 6.07. The van der Waals surface area contributed by atoms with Crippen LogP contribution in [-0.4, -0.2) is 23.7 Å². The predicted octanol–water partition coefficient (Wildman–Crippen LogP) is 9.49. The summed E-state index contributed by atoms with van der Waals surface area (Å²) in [6.45, 7) is 0. The normalized spacial score (nSPS) is 11.7. The van der Waals surface area contributed by atoms with Gasteiger partial charge in [0.2, 0.25) is 0 Å². The van der Waals surface area contributed by atoms with Crippen LogP contribution in [0.3, 0.4) is 0 Å². The Labute approximate surface area is 250 Å². The highest BCUT2D eigenvalue weighted by Crippen LogP contribution is 2.39. The Hall–Kier alpha value is -5.59. The largest absolute Gasteiger partial charge is 0.246 e. The number of aromatic nitrogens is 5. The first-order valence-electron chi connectivity index (χ1n) is 14.1. The highest BCUT2D eigenvalue weighted by molar-refractivity contribution is 7.00. The second kappa shape index (κ2) is 9.48. The Bertz CT molecular complexity index is 2510. The van der Waals surface area contributed by atoms with Crippen LogP contribution >= 0.6 is 11.7 Å². The van der Waals surface area contributed by atoms with Crippen molar-refractivity contribution in [2.24, 2.45) is 0 Å². The Morgan fingerprint density at radius 1 is 0.419 bits per heavy atom. The van der Waals surface area contributed by atoms with Gasteiger partial charge in [0.15, 0.2) is 0 Å². The molecule has 4 heterocycles. The van der Waals surface area contributed by atoms with Crippen LogP contribution in [0.4, 0.5) is 0 Å². The van der Waals surface area contributed by atoms with Crippen LogP contribution < -0.4 is 0 Å². The standard InChI is InChI=1S/C37H21N5S/c1-3-8-22(9-4-1)29-19-16-24-14-15-25-17-20-30(39-35(25)34(24)38-29)26-12-7-13-27-32-28(18-21-31-37(32)42-43-41-31)33(40-36(26)27)23-10-5-2-6-11-23/h1-21H. The van der Waals surface area contributed by atoms with E-state index in [2.05, 4.69) is 101 Å². The lowest BCUT2D eigenvalue weighted by Crippen LogP contribution is -1.95. The molecule has 0 bridgehead atoms. The first-order valence-corrected chi connectivity index (χ1v) is 14.8. The van der Waals surface area contributed by atoms with E-state index in [1.165, 1.54) is 11.7 Å². The van der Waals surface area contributed by atoms with Gasteiger partial charge < -0.3 is 0 Å². The van der Waals surface area contributed by atoms with E-state index in [9.17, 15) is 0 Å². The first-order chi connectivity index (χ1) is 21.3. The average molecular weight is 568 g/mol. The van der Waals surface area contributed by atoms with Gasteiger partial charge in [0.1, 0.15) is 11.0 Å². The Morgan fingerprint density at radius 2 is 1.09 bits per heavy atom. The minimum Gasteiger partial charge on any atom is -0.246 e. The molecule has 0 aliphatic rings. The number of hydrogen-bond donors (Lipinski definition) is 0. The second-order valence-corrected chi connectivity index (χ2v) is 11.1. The number of fused-ring (bicyclic) bond motifs is 8. The maximum Gasteiger partial charge on any atom is 0.113 e. The van der Waals surface area contributed by atoms with Gasteiger partial charge >= 0.3 is 0 Å². The summed E-state index contributed by atoms with van der Waals surface area (Å²) >= 11 is 1.24. The third kappa shape index (κ3) is 3.81. The van der Waals surface area contributed by atoms with Gasteiger partial charge in [0, 0.05) is 43.6 Å². The van der Waals surface area contributed by atoms with Crippen molar-refractivity contribution in [3.63, 3.8) is 0 Å². The van der Waals surface area contributed by atoms with E-state index in [0.717, 1.165) is 88.3 Å². The van der Waals surface area contributed by atoms with Crippen LogP contribution in [0.2, 0.25) is 0 Å². The molecule has 9 rings (SSSR count). The van der Waals surface area contributed by atoms with E-state index in [-0.39, 0.29) is 0 Å². The van der Waals surface area contributed by atoms with Gasteiger partial charge in [0.25, 0.3) is 0 Å². The third-order valence-corrected chi connectivity index (χ3v) is 8.67. The number of para-hydroxylation sites is 1. The molecule has 0 N–H and O–H groups in total. The minimum absolute atomic E-state index is 0.854. The van der Waals surface area contributed by atoms with E-state index in [4.69, 9.17) is 19.3 Å². The number of pyridine rings is 3. The molecular formula is C37H21N5S. The van der Waals surface area contributed by atoms with Gasteiger partial charge in [0.05, 0.1) is 45.4 Å². The smallest absolute Gasteiger partial charge is 0.113 e. The van der Waals surface area contributed by atoms with Gasteiger partial charge in [-0.1, -0.05) is 103 Å². The quantitative estimate of drug-likeness (QED) is 0.199. The van der Waals surface area contributed by atoms with Crippen molar-refractivity contribution in [1.82, 2.24) is 23.7 Å². The zero-order valence-corrected chi connectivity index (χ0v) is 23.6. The topological polar surface area (TPSA) is 64.5 Å². The van der Waals surface area contributed by atoms with Gasteiger partial charge in [-0.2, -0.15) is 8.75 Å². The monoisotopic (exact) mass is 567 g/mol. The molecule has 200 valence electrons. The van der Waals surface area contributed by atoms with Crippen LogP contribution in [0.15, 0.2) is 127 Å². The van der Waals surface area contributed by atoms with E-state index in [0.29, 0.717) is 0 Å². The molecule has 9 aromatic rings. The maximum absolute atomic E-state index is 5.34. The summed E-state index contributed by atoms with van der Waals surface area (Å²) < 4.78 is 9.26. The van der Waals surface area contributed by atoms with Crippen molar-refractivity contribution in [2.75, 3.05) is 0 Å². The van der Waals surface area contributed by atoms with Crippen LogP contribution in [0.25, 0.3) is 88.3 Å². The predicted molar refractivity (Wildman–Crippen MR) is 177 cm³/mol. The molecule has 0 amide bonds. The van der Waals surface area contributed by atoms with Crippen molar-refractivity contribution >= 4 is 66.2 Å². The number of rotatable bonds is 3. The zero-order valence-electron chi connectivity index (χ0n) is 22.8. The molecule has 0 atom stereocenters. The molecule has 4 aromatic heterocycles. The van der Waals surface area contributed by atoms with E-state index in [1.807, 2.05) is 30.3 Å². The fourth-order valence-corrected chi connectivity index (χ4v) is 6.61. The number of hydrogen-bond acceptors (Lipinski definition) is 6. The molecule has 0 spiro atoms. The summed E-state index contributed by atoms with van der Waals surface area (Å²) in [6.07, 6.45) is 0. The Kier molecular flexibility index (Phi) is 5.30. The van der Waals surface area contributed by atoms with E-state index in [1.54, 1.807) is 0 Å². The molecule has 0 unspecified atom stereocenters. The summed E-state index contributed by atoms with van der Waals surface area (Å²) in [5.74, 6) is 0. The van der Waals surface area contributed by atoms with Gasteiger partial charge in [-0.3, -0.25) is 0 Å². The van der Waals surface area contributed by atoms with Crippen LogP contribution in [0.1, 0.15) is 0 Å². The van der Waals surface area contributed by atoms with E-state index >= 15 is 0 Å². The number of nitrogens with zero attached hydrogens (tertiary/aromatic N) is 5. The van der Waals surface area contributed by atoms with Crippen molar-refractivity contribution < 1.29 is 0 Å². The highest BCUT2D eigenvalue weighted by Gasteiger charge is 2.18. The van der Waals surface area contributed by atoms with Crippen LogP contribution in [0.5, 0.6) is 0 Å². The minimum atomic E-state index is 0.854. The summed E-state index contributed by atoms with van der Waals surface area (Å²) in [4.78, 5) is 15.7. The third-order valence-electron chi connectivity index (χ3n) is 8.12. The average Bonchev–Trinajstić information content (AvgIpc) is 3.57. The maximum atomic E-state index is 5.34. The molecule has 0 saturated heterocycles. The van der Waals surface area contributed by atoms with Crippen LogP contribution in [0, 0.1) is 0 Å². The fraction of sp³-hybridized carbons (Fsp3) is 0. The Morgan fingerprint density at radius 3 is 1.86 bits per heavy atom. The molecule has 0 fully saturated rings. The molecular weight excluding hydrogens is 547 g/mol. The number of benzene rings is 5. The van der Waals surface area contributed by atoms with Crippen molar-refractivity contribution in [3.8, 4) is 33.8 Å². The second-order valence-electron chi connectivity index (χ2n) is 10.6. The van der Waals surface area contributed by atoms with Gasteiger partial charge in [-0.05, 0) is 24.3 Å². The highest BCUT2D eigenvalue weighted by atomic mass is 32.1. The SMILES string of the molecule is c1ccc(-c2ccc3ccc4ccc(-c5cccc6c5nc(-c5ccccc5)c5ccc7nsnc7c56)nc4c3n2)cc1. The molecule has 0 aliphatic carbocycles. The summed E-state index contributed by atoms with van der Waals surface area (Å²) in [5.41, 5.74) is 10.3. The van der Waals surface area contributed by atoms with Gasteiger partial charge in [-0.25, -0.2) is 15.0 Å². The summed E-state index contributed by atoms with van der Waals surface area (Å²) in [6, 6.07) is 43.8. The van der Waals surface area contributed by atoms with Crippen molar-refractivity contribution in [1.29, 1.82) is 0 Å². The lowest BCUT2D eigenvalue weighted by atomic mass is 9.96. The lowest BCUT2D eigenvalue weighted by Gasteiger charge is -2.14. The lowest BCUT2D eigenvalue weighted by molar-refractivity contribution is 1.36.